The number of hydrogen-bond donors (Lipinski definition) is 2. The zero-order chi connectivity index (χ0) is 12.8. The number of thiophene rings is 1. The van der Waals surface area contributed by atoms with Crippen molar-refractivity contribution in [3.05, 3.63) is 21.9 Å². The van der Waals surface area contributed by atoms with Crippen LogP contribution in [-0.4, -0.2) is 24.5 Å². The van der Waals surface area contributed by atoms with Crippen molar-refractivity contribution in [1.29, 1.82) is 0 Å². The molecule has 0 radical (unpaired) electrons. The molecular formula is C13H22N2OS. The Bertz CT molecular complexity index is 360. The van der Waals surface area contributed by atoms with Crippen LogP contribution in [0.4, 0.5) is 0 Å². The molecule has 1 unspecified atom stereocenters. The highest BCUT2D eigenvalue weighted by atomic mass is 32.1. The summed E-state index contributed by atoms with van der Waals surface area (Å²) in [6.07, 6.45) is 0.980. The Morgan fingerprint density at radius 3 is 2.59 bits per heavy atom. The van der Waals surface area contributed by atoms with Crippen LogP contribution < -0.4 is 10.6 Å². The van der Waals surface area contributed by atoms with Crippen LogP contribution in [0.3, 0.4) is 0 Å². The molecule has 1 amide bonds. The summed E-state index contributed by atoms with van der Waals surface area (Å²) in [6.45, 7) is 8.55. The van der Waals surface area contributed by atoms with Gasteiger partial charge in [0.1, 0.15) is 0 Å². The minimum absolute atomic E-state index is 0.0641. The fraction of sp³-hybridized carbons (Fsp3) is 0.615. The largest absolute Gasteiger partial charge is 0.353 e. The van der Waals surface area contributed by atoms with Crippen molar-refractivity contribution in [2.75, 3.05) is 6.54 Å². The zero-order valence-corrected chi connectivity index (χ0v) is 11.9. The number of nitrogens with one attached hydrogen (secondary N) is 2. The Balaban J connectivity index is 2.25. The summed E-state index contributed by atoms with van der Waals surface area (Å²) in [5.41, 5.74) is 0. The molecule has 2 N–H and O–H groups in total. The van der Waals surface area contributed by atoms with Gasteiger partial charge in [-0.3, -0.25) is 4.79 Å². The lowest BCUT2D eigenvalue weighted by molar-refractivity contribution is -0.120. The second-order valence-corrected chi connectivity index (χ2v) is 6.09. The van der Waals surface area contributed by atoms with E-state index in [0.29, 0.717) is 12.6 Å². The monoisotopic (exact) mass is 254 g/mol. The van der Waals surface area contributed by atoms with Gasteiger partial charge in [-0.05, 0) is 46.2 Å². The van der Waals surface area contributed by atoms with Gasteiger partial charge in [0.15, 0.2) is 0 Å². The maximum Gasteiger partial charge on any atom is 0.234 e. The number of aryl methyl sites for hydroxylation is 1. The highest BCUT2D eigenvalue weighted by Gasteiger charge is 2.08. The molecule has 0 aliphatic rings. The predicted octanol–water partition coefficient (Wildman–Crippen LogP) is 2.10. The molecule has 1 atom stereocenters. The molecule has 96 valence electrons. The van der Waals surface area contributed by atoms with Crippen LogP contribution >= 0.6 is 11.3 Å². The summed E-state index contributed by atoms with van der Waals surface area (Å²) in [5.74, 6) is 0.0641. The number of carbonyl (C=O) groups excluding carboxylic acids is 1. The number of amides is 1. The van der Waals surface area contributed by atoms with Crippen molar-refractivity contribution in [3.63, 3.8) is 0 Å². The van der Waals surface area contributed by atoms with E-state index < -0.39 is 0 Å². The summed E-state index contributed by atoms with van der Waals surface area (Å²) >= 11 is 1.82. The lowest BCUT2D eigenvalue weighted by Gasteiger charge is -2.14. The van der Waals surface area contributed by atoms with Crippen molar-refractivity contribution in [2.24, 2.45) is 0 Å². The third-order valence-electron chi connectivity index (χ3n) is 2.36. The zero-order valence-electron chi connectivity index (χ0n) is 11.0. The lowest BCUT2D eigenvalue weighted by atomic mass is 10.2. The number of rotatable bonds is 6. The molecule has 1 heterocycles. The van der Waals surface area contributed by atoms with Crippen molar-refractivity contribution in [1.82, 2.24) is 10.6 Å². The summed E-state index contributed by atoms with van der Waals surface area (Å²) in [7, 11) is 0. The average molecular weight is 254 g/mol. The van der Waals surface area contributed by atoms with E-state index in [9.17, 15) is 4.79 Å². The van der Waals surface area contributed by atoms with Crippen molar-refractivity contribution in [3.8, 4) is 0 Å². The SMILES string of the molecule is Cc1ccc(CC(C)NCC(=O)NC(C)C)s1. The van der Waals surface area contributed by atoms with Crippen LogP contribution in [-0.2, 0) is 11.2 Å². The molecule has 17 heavy (non-hydrogen) atoms. The molecule has 0 bridgehead atoms. The molecule has 1 rings (SSSR count). The van der Waals surface area contributed by atoms with Crippen molar-refractivity contribution >= 4 is 17.2 Å². The van der Waals surface area contributed by atoms with E-state index in [1.807, 2.05) is 25.2 Å². The number of hydrogen-bond acceptors (Lipinski definition) is 3. The molecule has 4 heteroatoms. The molecule has 0 spiro atoms. The fourth-order valence-electron chi connectivity index (χ4n) is 1.61. The normalized spacial score (nSPS) is 12.8. The van der Waals surface area contributed by atoms with Gasteiger partial charge in [-0.1, -0.05) is 0 Å². The topological polar surface area (TPSA) is 41.1 Å². The van der Waals surface area contributed by atoms with Gasteiger partial charge in [0.2, 0.25) is 5.91 Å². The first-order valence-corrected chi connectivity index (χ1v) is 6.87. The summed E-state index contributed by atoms with van der Waals surface area (Å²) in [4.78, 5) is 14.1. The van der Waals surface area contributed by atoms with Gasteiger partial charge in [-0.15, -0.1) is 11.3 Å². The second-order valence-electron chi connectivity index (χ2n) is 4.72. The first kappa shape index (κ1) is 14.2. The van der Waals surface area contributed by atoms with Crippen LogP contribution in [0.25, 0.3) is 0 Å². The Morgan fingerprint density at radius 2 is 2.06 bits per heavy atom. The molecule has 0 aliphatic heterocycles. The van der Waals surface area contributed by atoms with Gasteiger partial charge in [0.05, 0.1) is 6.54 Å². The Morgan fingerprint density at radius 1 is 1.35 bits per heavy atom. The maximum atomic E-state index is 11.4. The second kappa shape index (κ2) is 6.77. The minimum Gasteiger partial charge on any atom is -0.353 e. The average Bonchev–Trinajstić information content (AvgIpc) is 2.60. The highest BCUT2D eigenvalue weighted by molar-refractivity contribution is 7.11. The quantitative estimate of drug-likeness (QED) is 0.816. The Hall–Kier alpha value is -0.870. The molecule has 0 fully saturated rings. The Labute approximate surface area is 108 Å². The third-order valence-corrected chi connectivity index (χ3v) is 3.39. The van der Waals surface area contributed by atoms with E-state index in [1.165, 1.54) is 9.75 Å². The first-order chi connectivity index (χ1) is 7.97. The van der Waals surface area contributed by atoms with Crippen LogP contribution in [0, 0.1) is 6.92 Å². The summed E-state index contributed by atoms with van der Waals surface area (Å²) in [6, 6.07) is 4.83. The van der Waals surface area contributed by atoms with Crippen molar-refractivity contribution < 1.29 is 4.79 Å². The van der Waals surface area contributed by atoms with E-state index in [2.05, 4.69) is 36.6 Å². The van der Waals surface area contributed by atoms with Crippen LogP contribution in [0.15, 0.2) is 12.1 Å². The van der Waals surface area contributed by atoms with Gasteiger partial charge in [-0.2, -0.15) is 0 Å². The van der Waals surface area contributed by atoms with Crippen LogP contribution in [0.1, 0.15) is 30.5 Å². The summed E-state index contributed by atoms with van der Waals surface area (Å²) in [5, 5.41) is 6.11. The molecule has 1 aromatic rings. The van der Waals surface area contributed by atoms with E-state index >= 15 is 0 Å². The standard InChI is InChI=1S/C13H22N2OS/c1-9(2)15-13(16)8-14-10(3)7-12-6-5-11(4)17-12/h5-6,9-10,14H,7-8H2,1-4H3,(H,15,16). The van der Waals surface area contributed by atoms with Gasteiger partial charge in [0.25, 0.3) is 0 Å². The first-order valence-electron chi connectivity index (χ1n) is 6.05. The third kappa shape index (κ3) is 5.84. The van der Waals surface area contributed by atoms with Gasteiger partial charge in [0, 0.05) is 21.8 Å². The lowest BCUT2D eigenvalue weighted by Crippen LogP contribution is -2.41. The van der Waals surface area contributed by atoms with Gasteiger partial charge >= 0.3 is 0 Å². The van der Waals surface area contributed by atoms with E-state index in [1.54, 1.807) is 0 Å². The molecular weight excluding hydrogens is 232 g/mol. The van der Waals surface area contributed by atoms with Crippen LogP contribution in [0.5, 0.6) is 0 Å². The summed E-state index contributed by atoms with van der Waals surface area (Å²) < 4.78 is 0. The highest BCUT2D eigenvalue weighted by Crippen LogP contribution is 2.16. The number of carbonyl (C=O) groups is 1. The van der Waals surface area contributed by atoms with E-state index in [4.69, 9.17) is 0 Å². The van der Waals surface area contributed by atoms with Gasteiger partial charge in [-0.25, -0.2) is 0 Å². The van der Waals surface area contributed by atoms with Gasteiger partial charge < -0.3 is 10.6 Å². The molecule has 1 aromatic heterocycles. The fourth-order valence-corrected chi connectivity index (χ4v) is 2.63. The molecule has 0 aromatic carbocycles. The Kier molecular flexibility index (Phi) is 5.65. The maximum absolute atomic E-state index is 11.4. The minimum atomic E-state index is 0.0641. The smallest absolute Gasteiger partial charge is 0.234 e. The molecule has 0 saturated heterocycles. The van der Waals surface area contributed by atoms with Crippen LogP contribution in [0.2, 0.25) is 0 Å². The molecule has 0 saturated carbocycles. The molecule has 0 aliphatic carbocycles. The molecule has 3 nitrogen and oxygen atoms in total. The van der Waals surface area contributed by atoms with E-state index in [-0.39, 0.29) is 11.9 Å². The predicted molar refractivity (Wildman–Crippen MR) is 73.5 cm³/mol. The van der Waals surface area contributed by atoms with Crippen molar-refractivity contribution in [2.45, 2.75) is 46.2 Å². The van der Waals surface area contributed by atoms with E-state index in [0.717, 1.165) is 6.42 Å².